The highest BCUT2D eigenvalue weighted by atomic mass is 35.5. The maximum Gasteiger partial charge on any atom is 0.425 e. The van der Waals surface area contributed by atoms with Crippen LogP contribution in [0.5, 0.6) is 12.0 Å². The highest BCUT2D eigenvalue weighted by Gasteiger charge is 2.26. The smallest absolute Gasteiger partial charge is 0.383 e. The standard InChI is InChI=1S/C48H50Cl2N6O6S2/c1-3-5-7-9-43(57)53-37-19-23-39(24-20-37)63-41(33-11-15-35(49)16-12-33)31-55-29-27-51-47(55)61-45(59)46(60)62-48-52-28-30-56(48)32-42(34-13-17-36(50)18-14-34)64-40-25-21-38(22-26-40)54-44(58)10-8-6-4-2/h11-30,41-42H,3-10,31-32H2,1-2H3,(H,53,57)(H,54,58). The number of amides is 2. The maximum atomic E-state index is 13.3. The van der Waals surface area contributed by atoms with Crippen LogP contribution in [0, 0.1) is 0 Å². The first kappa shape index (κ1) is 47.9. The van der Waals surface area contributed by atoms with Crippen LogP contribution in [0.1, 0.15) is 86.8 Å². The first-order valence-corrected chi connectivity index (χ1v) is 23.7. The van der Waals surface area contributed by atoms with E-state index in [9.17, 15) is 19.2 Å². The minimum atomic E-state index is -1.27. The second kappa shape index (κ2) is 24.5. The number of rotatable bonds is 22. The second-order valence-corrected chi connectivity index (χ2v) is 18.3. The molecule has 0 aliphatic rings. The van der Waals surface area contributed by atoms with Gasteiger partial charge in [0.15, 0.2) is 0 Å². The summed E-state index contributed by atoms with van der Waals surface area (Å²) < 4.78 is 14.3. The van der Waals surface area contributed by atoms with Crippen molar-refractivity contribution in [1.29, 1.82) is 0 Å². The number of benzene rings is 4. The zero-order chi connectivity index (χ0) is 45.3. The van der Waals surface area contributed by atoms with E-state index >= 15 is 0 Å². The fourth-order valence-corrected chi connectivity index (χ4v) is 9.09. The van der Waals surface area contributed by atoms with Gasteiger partial charge in [-0.15, -0.1) is 23.5 Å². The first-order valence-electron chi connectivity index (χ1n) is 21.2. The number of imidazole rings is 2. The van der Waals surface area contributed by atoms with Crippen LogP contribution in [0.25, 0.3) is 0 Å². The van der Waals surface area contributed by atoms with Gasteiger partial charge < -0.3 is 20.1 Å². The van der Waals surface area contributed by atoms with E-state index in [-0.39, 0.29) is 34.3 Å². The summed E-state index contributed by atoms with van der Waals surface area (Å²) in [5.74, 6) is -2.57. The number of esters is 2. The van der Waals surface area contributed by atoms with Crippen molar-refractivity contribution in [2.45, 2.75) is 98.6 Å². The van der Waals surface area contributed by atoms with E-state index in [4.69, 9.17) is 32.7 Å². The summed E-state index contributed by atoms with van der Waals surface area (Å²) in [7, 11) is 0. The van der Waals surface area contributed by atoms with Crippen molar-refractivity contribution in [2.75, 3.05) is 10.6 Å². The van der Waals surface area contributed by atoms with Crippen molar-refractivity contribution >= 4 is 81.9 Å². The summed E-state index contributed by atoms with van der Waals surface area (Å²) >= 11 is 15.6. The molecule has 0 saturated carbocycles. The highest BCUT2D eigenvalue weighted by Crippen LogP contribution is 2.40. The van der Waals surface area contributed by atoms with Crippen molar-refractivity contribution < 1.29 is 28.7 Å². The predicted molar refractivity (Wildman–Crippen MR) is 254 cm³/mol. The molecule has 2 atom stereocenters. The predicted octanol–water partition coefficient (Wildman–Crippen LogP) is 12.0. The second-order valence-electron chi connectivity index (χ2n) is 14.9. The Balaban J connectivity index is 1.10. The van der Waals surface area contributed by atoms with Crippen molar-refractivity contribution in [3.63, 3.8) is 0 Å². The van der Waals surface area contributed by atoms with Crippen molar-refractivity contribution in [2.24, 2.45) is 0 Å². The van der Waals surface area contributed by atoms with Crippen LogP contribution >= 0.6 is 46.7 Å². The number of aromatic nitrogens is 4. The molecular formula is C48H50Cl2N6O6S2. The van der Waals surface area contributed by atoms with Gasteiger partial charge in [0, 0.05) is 81.9 Å². The van der Waals surface area contributed by atoms with Gasteiger partial charge in [-0.2, -0.15) is 0 Å². The average molecular weight is 942 g/mol. The van der Waals surface area contributed by atoms with E-state index in [1.54, 1.807) is 45.1 Å². The first-order chi connectivity index (χ1) is 31.1. The van der Waals surface area contributed by atoms with Crippen molar-refractivity contribution in [3.8, 4) is 12.0 Å². The van der Waals surface area contributed by atoms with Crippen molar-refractivity contribution in [3.05, 3.63) is 143 Å². The molecule has 334 valence electrons. The summed E-state index contributed by atoms with van der Waals surface area (Å²) in [6, 6.07) is 30.0. The third-order valence-electron chi connectivity index (χ3n) is 9.95. The van der Waals surface area contributed by atoms with E-state index in [0.717, 1.165) is 70.8 Å². The Morgan fingerprint density at radius 3 is 1.30 bits per heavy atom. The number of ether oxygens (including phenoxy) is 2. The number of nitrogens with zero attached hydrogens (tertiary/aromatic N) is 4. The summed E-state index contributed by atoms with van der Waals surface area (Å²) in [6.45, 7) is 4.82. The number of carbonyl (C=O) groups is 4. The van der Waals surface area contributed by atoms with Gasteiger partial charge in [0.25, 0.3) is 0 Å². The number of nitrogens with one attached hydrogen (secondary N) is 2. The molecule has 0 fully saturated rings. The fraction of sp³-hybridized carbons (Fsp3) is 0.292. The molecule has 0 saturated heterocycles. The van der Waals surface area contributed by atoms with Gasteiger partial charge in [0.1, 0.15) is 0 Å². The lowest BCUT2D eigenvalue weighted by Gasteiger charge is -2.19. The molecule has 64 heavy (non-hydrogen) atoms. The number of hydrogen-bond donors (Lipinski definition) is 2. The molecule has 6 aromatic rings. The third kappa shape index (κ3) is 14.8. The van der Waals surface area contributed by atoms with Gasteiger partial charge in [0.05, 0.1) is 10.5 Å². The monoisotopic (exact) mass is 940 g/mol. The lowest BCUT2D eigenvalue weighted by molar-refractivity contribution is -0.157. The number of anilines is 2. The van der Waals surface area contributed by atoms with E-state index in [1.165, 1.54) is 12.4 Å². The Morgan fingerprint density at radius 2 is 0.938 bits per heavy atom. The molecule has 0 aliphatic heterocycles. The van der Waals surface area contributed by atoms with Gasteiger partial charge in [-0.3, -0.25) is 18.7 Å². The van der Waals surface area contributed by atoms with Crippen LogP contribution in [0.3, 0.4) is 0 Å². The Labute approximate surface area is 391 Å². The molecule has 0 radical (unpaired) electrons. The molecule has 2 amide bonds. The molecular weight excluding hydrogens is 892 g/mol. The lowest BCUT2D eigenvalue weighted by Crippen LogP contribution is -2.28. The number of halogens is 2. The molecule has 6 rings (SSSR count). The highest BCUT2D eigenvalue weighted by molar-refractivity contribution is 7.99. The van der Waals surface area contributed by atoms with E-state index < -0.39 is 11.9 Å². The van der Waals surface area contributed by atoms with Crippen molar-refractivity contribution in [1.82, 2.24) is 19.1 Å². The van der Waals surface area contributed by atoms with Gasteiger partial charge in [-0.1, -0.05) is 87.0 Å². The summed E-state index contributed by atoms with van der Waals surface area (Å²) in [6.07, 6.45) is 13.1. The summed E-state index contributed by atoms with van der Waals surface area (Å²) in [5, 5.41) is 6.69. The molecule has 0 spiro atoms. The average Bonchev–Trinajstić information content (AvgIpc) is 3.93. The Bertz CT molecular complexity index is 2270. The van der Waals surface area contributed by atoms with Gasteiger partial charge in [-0.25, -0.2) is 19.6 Å². The van der Waals surface area contributed by atoms with Gasteiger partial charge in [0.2, 0.25) is 11.8 Å². The molecule has 12 nitrogen and oxygen atoms in total. The van der Waals surface area contributed by atoms with Crippen LogP contribution < -0.4 is 20.1 Å². The quantitative estimate of drug-likeness (QED) is 0.0292. The number of hydrogen-bond acceptors (Lipinski definition) is 10. The molecule has 2 aromatic heterocycles. The maximum absolute atomic E-state index is 13.3. The van der Waals surface area contributed by atoms with E-state index in [0.29, 0.717) is 36.0 Å². The number of carbonyl (C=O) groups excluding carboxylic acids is 4. The molecule has 2 unspecified atom stereocenters. The molecule has 2 heterocycles. The number of unbranched alkanes of at least 4 members (excludes halogenated alkanes) is 4. The van der Waals surface area contributed by atoms with Gasteiger partial charge in [-0.05, 0) is 96.8 Å². The molecule has 4 aromatic carbocycles. The summed E-state index contributed by atoms with van der Waals surface area (Å²) in [5.41, 5.74) is 3.34. The molecule has 16 heteroatoms. The largest absolute Gasteiger partial charge is 0.425 e. The van der Waals surface area contributed by atoms with Crippen LogP contribution in [-0.2, 0) is 32.3 Å². The van der Waals surface area contributed by atoms with Crippen LogP contribution in [-0.4, -0.2) is 42.9 Å². The van der Waals surface area contributed by atoms with Gasteiger partial charge >= 0.3 is 24.0 Å². The topological polar surface area (TPSA) is 146 Å². The fourth-order valence-electron chi connectivity index (χ4n) is 6.54. The van der Waals surface area contributed by atoms with Crippen LogP contribution in [0.4, 0.5) is 11.4 Å². The molecule has 2 N–H and O–H groups in total. The summed E-state index contributed by atoms with van der Waals surface area (Å²) in [4.78, 5) is 61.6. The zero-order valence-electron chi connectivity index (χ0n) is 35.6. The minimum absolute atomic E-state index is 0.0123. The Kier molecular flexibility index (Phi) is 18.3. The van der Waals surface area contributed by atoms with E-state index in [1.807, 2.05) is 97.1 Å². The Hall–Kier alpha value is -5.54. The third-order valence-corrected chi connectivity index (χ3v) is 12.9. The SMILES string of the molecule is CCCCCC(=O)Nc1ccc(SC(Cn2ccnc2OC(=O)C(=O)Oc2nccn2CC(Sc2ccc(NC(=O)CCCCC)cc2)c2ccc(Cl)cc2)c2ccc(Cl)cc2)cc1. The zero-order valence-corrected chi connectivity index (χ0v) is 38.7. The van der Waals surface area contributed by atoms with Crippen LogP contribution in [0.2, 0.25) is 10.0 Å². The molecule has 0 aliphatic carbocycles. The molecule has 0 bridgehead atoms. The normalized spacial score (nSPS) is 12.0. The number of thioether (sulfide) groups is 2. The van der Waals surface area contributed by atoms with E-state index in [2.05, 4.69) is 34.4 Å². The minimum Gasteiger partial charge on any atom is -0.383 e. The van der Waals surface area contributed by atoms with Crippen LogP contribution in [0.15, 0.2) is 132 Å². The lowest BCUT2D eigenvalue weighted by atomic mass is 10.1. The Morgan fingerprint density at radius 1 is 0.562 bits per heavy atom.